The molecule has 0 saturated heterocycles. The maximum absolute atomic E-state index is 11.4. The number of non-ortho nitro benzene ring substituents is 1. The maximum atomic E-state index is 11.4. The molecular weight excluding hydrogens is 428 g/mol. The number of benzene rings is 3. The maximum Gasteiger partial charge on any atom is 0.411 e. The number of rotatable bonds is 8. The molecule has 32 heavy (non-hydrogen) atoms. The van der Waals surface area contributed by atoms with Crippen molar-refractivity contribution in [2.75, 3.05) is 0 Å². The normalized spacial score (nSPS) is 10.9. The molecule has 1 aromatic heterocycles. The molecule has 0 fully saturated rings. The molecule has 4 aromatic rings. The Labute approximate surface area is 187 Å². The van der Waals surface area contributed by atoms with Crippen molar-refractivity contribution in [1.82, 2.24) is 10.3 Å². The predicted molar refractivity (Wildman–Crippen MR) is 123 cm³/mol. The fourth-order valence-corrected chi connectivity index (χ4v) is 4.32. The minimum Gasteiger partial charge on any atom is -0.392 e. The fourth-order valence-electron chi connectivity index (χ4n) is 3.32. The van der Waals surface area contributed by atoms with E-state index in [1.54, 1.807) is 12.1 Å². The third-order valence-corrected chi connectivity index (χ3v) is 5.85. The molecule has 1 heterocycles. The van der Waals surface area contributed by atoms with Crippen molar-refractivity contribution in [3.05, 3.63) is 94.0 Å². The van der Waals surface area contributed by atoms with Crippen LogP contribution in [0.4, 0.5) is 10.5 Å². The Kier molecular flexibility index (Phi) is 6.39. The second kappa shape index (κ2) is 9.54. The smallest absolute Gasteiger partial charge is 0.392 e. The summed E-state index contributed by atoms with van der Waals surface area (Å²) in [5.41, 5.74) is 7.97. The van der Waals surface area contributed by atoms with Gasteiger partial charge in [0.05, 0.1) is 9.82 Å². The molecule has 0 aliphatic heterocycles. The van der Waals surface area contributed by atoms with Crippen molar-refractivity contribution in [3.63, 3.8) is 0 Å². The number of carbonyl (C=O) groups excluding carboxylic acids is 1. The second-order valence-corrected chi connectivity index (χ2v) is 8.11. The van der Waals surface area contributed by atoms with E-state index in [2.05, 4.69) is 10.3 Å². The summed E-state index contributed by atoms with van der Waals surface area (Å²) in [5, 5.41) is 15.1. The van der Waals surface area contributed by atoms with Crippen LogP contribution in [0.25, 0.3) is 10.9 Å². The first-order valence-corrected chi connectivity index (χ1v) is 10.6. The van der Waals surface area contributed by atoms with Gasteiger partial charge in [0.1, 0.15) is 0 Å². The molecule has 0 bridgehead atoms. The van der Waals surface area contributed by atoms with Gasteiger partial charge >= 0.3 is 6.09 Å². The summed E-state index contributed by atoms with van der Waals surface area (Å²) in [7, 11) is 0. The highest BCUT2D eigenvalue weighted by atomic mass is 32.2. The van der Waals surface area contributed by atoms with Crippen LogP contribution in [-0.2, 0) is 13.1 Å². The lowest BCUT2D eigenvalue weighted by Crippen LogP contribution is -2.16. The Morgan fingerprint density at radius 3 is 2.50 bits per heavy atom. The lowest BCUT2D eigenvalue weighted by Gasteiger charge is -2.06. The predicted octanol–water partition coefficient (Wildman–Crippen LogP) is 4.97. The topological polar surface area (TPSA) is 123 Å². The molecule has 0 aliphatic carbocycles. The van der Waals surface area contributed by atoms with Crippen molar-refractivity contribution in [2.24, 2.45) is 5.73 Å². The highest BCUT2D eigenvalue weighted by Gasteiger charge is 2.16. The molecule has 3 aromatic carbocycles. The van der Waals surface area contributed by atoms with Gasteiger partial charge < -0.3 is 20.8 Å². The zero-order chi connectivity index (χ0) is 22.5. The number of aromatic nitrogens is 1. The summed E-state index contributed by atoms with van der Waals surface area (Å²) in [5.74, 6) is 0.308. The monoisotopic (exact) mass is 448 g/mol. The molecule has 4 N–H and O–H groups in total. The largest absolute Gasteiger partial charge is 0.411 e. The van der Waals surface area contributed by atoms with Crippen molar-refractivity contribution < 1.29 is 14.5 Å². The number of nitro benzene ring substituents is 1. The standard InChI is InChI=1S/C23H20N4O4S/c24-23(28)31-22-21(32-18-7-2-1-3-8-18)19-10-9-16(12-20(19)26-22)14-25-13-15-5-4-6-17(11-15)27(29)30/h1-12,25-26H,13-14H2,(H2,24,28). The number of primary amides is 1. The van der Waals surface area contributed by atoms with Gasteiger partial charge in [-0.15, -0.1) is 0 Å². The third-order valence-electron chi connectivity index (χ3n) is 4.73. The van der Waals surface area contributed by atoms with Gasteiger partial charge in [-0.05, 0) is 29.3 Å². The van der Waals surface area contributed by atoms with Crippen LogP contribution in [0.2, 0.25) is 0 Å². The van der Waals surface area contributed by atoms with E-state index in [-0.39, 0.29) is 5.69 Å². The zero-order valence-electron chi connectivity index (χ0n) is 16.9. The number of fused-ring (bicyclic) bond motifs is 1. The first-order valence-electron chi connectivity index (χ1n) is 9.78. The molecule has 0 spiro atoms. The molecule has 0 unspecified atom stereocenters. The number of hydrogen-bond acceptors (Lipinski definition) is 6. The Morgan fingerprint density at radius 2 is 1.78 bits per heavy atom. The van der Waals surface area contributed by atoms with Gasteiger partial charge in [0, 0.05) is 41.0 Å². The third kappa shape index (κ3) is 5.08. The van der Waals surface area contributed by atoms with Crippen LogP contribution >= 0.6 is 11.8 Å². The SMILES string of the molecule is NC(=O)Oc1[nH]c2cc(CNCc3cccc([N+](=O)[O-])c3)ccc2c1Sc1ccccc1. The Morgan fingerprint density at radius 1 is 1.03 bits per heavy atom. The molecule has 4 rings (SSSR count). The summed E-state index contributed by atoms with van der Waals surface area (Å²) >= 11 is 1.48. The van der Waals surface area contributed by atoms with Gasteiger partial charge in [-0.3, -0.25) is 10.1 Å². The highest BCUT2D eigenvalue weighted by molar-refractivity contribution is 7.99. The van der Waals surface area contributed by atoms with E-state index in [0.29, 0.717) is 19.0 Å². The molecule has 162 valence electrons. The van der Waals surface area contributed by atoms with E-state index < -0.39 is 11.0 Å². The molecule has 0 saturated carbocycles. The number of aromatic amines is 1. The average molecular weight is 449 g/mol. The first-order chi connectivity index (χ1) is 15.5. The second-order valence-electron chi connectivity index (χ2n) is 7.03. The lowest BCUT2D eigenvalue weighted by molar-refractivity contribution is -0.384. The van der Waals surface area contributed by atoms with E-state index in [9.17, 15) is 14.9 Å². The average Bonchev–Trinajstić information content (AvgIpc) is 3.10. The Hall–Kier alpha value is -3.82. The van der Waals surface area contributed by atoms with Gasteiger partial charge in [-0.25, -0.2) is 4.79 Å². The summed E-state index contributed by atoms with van der Waals surface area (Å²) in [4.78, 5) is 26.8. The van der Waals surface area contributed by atoms with Gasteiger partial charge in [0.15, 0.2) is 0 Å². The number of amides is 1. The van der Waals surface area contributed by atoms with E-state index in [4.69, 9.17) is 10.5 Å². The van der Waals surface area contributed by atoms with Crippen LogP contribution in [0.15, 0.2) is 82.6 Å². The van der Waals surface area contributed by atoms with Crippen LogP contribution in [0.5, 0.6) is 5.88 Å². The van der Waals surface area contributed by atoms with Crippen molar-refractivity contribution in [2.45, 2.75) is 22.9 Å². The first kappa shape index (κ1) is 21.4. The van der Waals surface area contributed by atoms with E-state index in [1.165, 1.54) is 17.8 Å². The number of ether oxygens (including phenoxy) is 1. The fraction of sp³-hybridized carbons (Fsp3) is 0.0870. The summed E-state index contributed by atoms with van der Waals surface area (Å²) in [6, 6.07) is 22.2. The van der Waals surface area contributed by atoms with Crippen molar-refractivity contribution in [1.29, 1.82) is 0 Å². The van der Waals surface area contributed by atoms with Crippen LogP contribution in [0.1, 0.15) is 11.1 Å². The van der Waals surface area contributed by atoms with Gasteiger partial charge in [-0.2, -0.15) is 0 Å². The van der Waals surface area contributed by atoms with Crippen LogP contribution < -0.4 is 15.8 Å². The molecule has 9 heteroatoms. The van der Waals surface area contributed by atoms with Crippen molar-refractivity contribution >= 4 is 34.4 Å². The number of H-pyrrole nitrogens is 1. The molecule has 1 amide bonds. The Balaban J connectivity index is 1.52. The summed E-state index contributed by atoms with van der Waals surface area (Å²) in [6.45, 7) is 1.06. The van der Waals surface area contributed by atoms with Crippen molar-refractivity contribution in [3.8, 4) is 5.88 Å². The summed E-state index contributed by atoms with van der Waals surface area (Å²) < 4.78 is 5.20. The molecule has 0 aliphatic rings. The number of nitrogens with one attached hydrogen (secondary N) is 2. The number of hydrogen-bond donors (Lipinski definition) is 3. The number of carbonyl (C=O) groups is 1. The molecule has 0 atom stereocenters. The van der Waals surface area contributed by atoms with Gasteiger partial charge in [0.25, 0.3) is 5.69 Å². The van der Waals surface area contributed by atoms with E-state index >= 15 is 0 Å². The van der Waals surface area contributed by atoms with Crippen LogP contribution in [0.3, 0.4) is 0 Å². The number of nitro groups is 1. The van der Waals surface area contributed by atoms with Crippen LogP contribution in [-0.4, -0.2) is 16.0 Å². The van der Waals surface area contributed by atoms with Crippen LogP contribution in [0, 0.1) is 10.1 Å². The molecular formula is C23H20N4O4S. The molecule has 8 nitrogen and oxygen atoms in total. The lowest BCUT2D eigenvalue weighted by atomic mass is 10.1. The Bertz CT molecular complexity index is 1270. The summed E-state index contributed by atoms with van der Waals surface area (Å²) in [6.07, 6.45) is -0.884. The highest BCUT2D eigenvalue weighted by Crippen LogP contribution is 2.41. The van der Waals surface area contributed by atoms with Gasteiger partial charge in [0.2, 0.25) is 5.88 Å². The minimum absolute atomic E-state index is 0.0718. The zero-order valence-corrected chi connectivity index (χ0v) is 17.7. The van der Waals surface area contributed by atoms with E-state index in [0.717, 1.165) is 31.8 Å². The van der Waals surface area contributed by atoms with E-state index in [1.807, 2.05) is 54.6 Å². The number of nitrogens with zero attached hydrogens (tertiary/aromatic N) is 1. The van der Waals surface area contributed by atoms with Gasteiger partial charge in [-0.1, -0.05) is 54.2 Å². The minimum atomic E-state index is -0.884. The quantitative estimate of drug-likeness (QED) is 0.258. The number of nitrogens with two attached hydrogens (primary N) is 1. The molecule has 0 radical (unpaired) electrons.